The maximum absolute atomic E-state index is 13.4. The van der Waals surface area contributed by atoms with Gasteiger partial charge in [-0.05, 0) is 25.9 Å². The van der Waals surface area contributed by atoms with Crippen LogP contribution in [-0.2, 0) is 0 Å². The second-order valence-electron chi connectivity index (χ2n) is 3.71. The summed E-state index contributed by atoms with van der Waals surface area (Å²) in [5.41, 5.74) is -0.877. The van der Waals surface area contributed by atoms with Crippen LogP contribution >= 0.6 is 12.4 Å². The number of rotatable bonds is 0. The van der Waals surface area contributed by atoms with Gasteiger partial charge in [0.1, 0.15) is 0 Å². The van der Waals surface area contributed by atoms with Crippen LogP contribution in [0.3, 0.4) is 0 Å². The molecule has 1 spiro atoms. The highest BCUT2D eigenvalue weighted by Gasteiger charge is 2.56. The van der Waals surface area contributed by atoms with Gasteiger partial charge in [0, 0.05) is 13.0 Å². The molecule has 2 nitrogen and oxygen atoms in total. The molecule has 0 bridgehead atoms. The molecule has 2 heterocycles. The Morgan fingerprint density at radius 3 is 2.00 bits per heavy atom. The minimum atomic E-state index is -2.49. The van der Waals surface area contributed by atoms with Crippen molar-refractivity contribution in [2.45, 2.75) is 30.7 Å². The second kappa shape index (κ2) is 3.67. The Hall–Kier alpha value is 0.0700. The molecule has 2 saturated heterocycles. The zero-order chi connectivity index (χ0) is 8.66. The summed E-state index contributed by atoms with van der Waals surface area (Å²) in [5, 5.41) is 6.07. The minimum Gasteiger partial charge on any atom is -0.317 e. The van der Waals surface area contributed by atoms with Crippen LogP contribution in [0.15, 0.2) is 0 Å². The van der Waals surface area contributed by atoms with Gasteiger partial charge in [-0.2, -0.15) is 0 Å². The van der Waals surface area contributed by atoms with E-state index in [2.05, 4.69) is 10.6 Å². The fraction of sp³-hybridized carbons (Fsp3) is 1.00. The summed E-state index contributed by atoms with van der Waals surface area (Å²) in [6.07, 6.45) is 1.12. The predicted molar refractivity (Wildman–Crippen MR) is 49.6 cm³/mol. The Kier molecular flexibility index (Phi) is 3.15. The lowest BCUT2D eigenvalue weighted by Crippen LogP contribution is -2.57. The fourth-order valence-electron chi connectivity index (χ4n) is 2.22. The molecule has 2 aliphatic heterocycles. The van der Waals surface area contributed by atoms with Gasteiger partial charge in [0.05, 0.1) is 5.54 Å². The first kappa shape index (κ1) is 11.1. The first-order valence-corrected chi connectivity index (χ1v) is 4.50. The Bertz CT molecular complexity index is 181. The van der Waals surface area contributed by atoms with Crippen molar-refractivity contribution in [2.75, 3.05) is 19.6 Å². The lowest BCUT2D eigenvalue weighted by atomic mass is 9.84. The number of piperidine rings is 1. The molecular formula is C8H15ClF2N2. The molecule has 5 heteroatoms. The van der Waals surface area contributed by atoms with Crippen molar-refractivity contribution >= 4 is 12.4 Å². The molecule has 13 heavy (non-hydrogen) atoms. The topological polar surface area (TPSA) is 24.1 Å². The van der Waals surface area contributed by atoms with E-state index >= 15 is 0 Å². The number of halogens is 3. The largest absolute Gasteiger partial charge is 0.317 e. The summed E-state index contributed by atoms with van der Waals surface area (Å²) in [4.78, 5) is 0. The van der Waals surface area contributed by atoms with Crippen LogP contribution in [0.5, 0.6) is 0 Å². The van der Waals surface area contributed by atoms with Gasteiger partial charge in [0.25, 0.3) is 5.92 Å². The number of hydrogen-bond acceptors (Lipinski definition) is 2. The fourth-order valence-corrected chi connectivity index (χ4v) is 2.22. The van der Waals surface area contributed by atoms with Gasteiger partial charge in [-0.15, -0.1) is 12.4 Å². The Morgan fingerprint density at radius 2 is 1.54 bits per heavy atom. The maximum atomic E-state index is 13.4. The summed E-state index contributed by atoms with van der Waals surface area (Å²) in [7, 11) is 0. The smallest absolute Gasteiger partial charge is 0.267 e. The van der Waals surface area contributed by atoms with Crippen molar-refractivity contribution in [3.63, 3.8) is 0 Å². The van der Waals surface area contributed by atoms with E-state index in [4.69, 9.17) is 0 Å². The van der Waals surface area contributed by atoms with Crippen molar-refractivity contribution in [3.05, 3.63) is 0 Å². The van der Waals surface area contributed by atoms with Gasteiger partial charge in [-0.1, -0.05) is 0 Å². The van der Waals surface area contributed by atoms with Crippen LogP contribution in [0.4, 0.5) is 8.78 Å². The van der Waals surface area contributed by atoms with Crippen LogP contribution in [0.1, 0.15) is 19.3 Å². The summed E-state index contributed by atoms with van der Waals surface area (Å²) < 4.78 is 26.8. The van der Waals surface area contributed by atoms with E-state index in [1.54, 1.807) is 0 Å². The second-order valence-corrected chi connectivity index (χ2v) is 3.71. The van der Waals surface area contributed by atoms with Crippen molar-refractivity contribution < 1.29 is 8.78 Å². The first-order chi connectivity index (χ1) is 5.66. The van der Waals surface area contributed by atoms with Crippen LogP contribution < -0.4 is 10.6 Å². The lowest BCUT2D eigenvalue weighted by Gasteiger charge is -2.38. The van der Waals surface area contributed by atoms with E-state index in [9.17, 15) is 8.78 Å². The summed E-state index contributed by atoms with van der Waals surface area (Å²) in [6.45, 7) is 1.89. The van der Waals surface area contributed by atoms with Gasteiger partial charge in [-0.25, -0.2) is 8.78 Å². The molecule has 78 valence electrons. The number of hydrogen-bond donors (Lipinski definition) is 2. The average Bonchev–Trinajstić information content (AvgIpc) is 2.30. The maximum Gasteiger partial charge on any atom is 0.267 e. The monoisotopic (exact) mass is 212 g/mol. The van der Waals surface area contributed by atoms with E-state index in [0.29, 0.717) is 32.5 Å². The summed E-state index contributed by atoms with van der Waals surface area (Å²) >= 11 is 0. The summed E-state index contributed by atoms with van der Waals surface area (Å²) in [5.74, 6) is -2.49. The Balaban J connectivity index is 0.000000845. The molecule has 0 radical (unpaired) electrons. The standard InChI is InChI=1S/C8H14F2N2.ClH/c9-8(10)3-6-12-7(8)1-4-11-5-2-7;/h11-12H,1-6H2;1H. The van der Waals surface area contributed by atoms with Crippen molar-refractivity contribution in [3.8, 4) is 0 Å². The Morgan fingerprint density at radius 1 is 0.923 bits per heavy atom. The summed E-state index contributed by atoms with van der Waals surface area (Å²) in [6, 6.07) is 0. The molecule has 0 saturated carbocycles. The van der Waals surface area contributed by atoms with Gasteiger partial charge in [0.2, 0.25) is 0 Å². The highest BCUT2D eigenvalue weighted by atomic mass is 35.5. The zero-order valence-corrected chi connectivity index (χ0v) is 8.22. The highest BCUT2D eigenvalue weighted by molar-refractivity contribution is 5.85. The minimum absolute atomic E-state index is 0. The molecule has 0 aliphatic carbocycles. The average molecular weight is 213 g/mol. The number of alkyl halides is 2. The normalized spacial score (nSPS) is 30.0. The van der Waals surface area contributed by atoms with Crippen molar-refractivity contribution in [1.29, 1.82) is 0 Å². The third-order valence-corrected chi connectivity index (χ3v) is 3.06. The van der Waals surface area contributed by atoms with Crippen molar-refractivity contribution in [1.82, 2.24) is 10.6 Å². The van der Waals surface area contributed by atoms with E-state index in [1.165, 1.54) is 0 Å². The highest BCUT2D eigenvalue weighted by Crippen LogP contribution is 2.41. The molecule has 2 N–H and O–H groups in total. The van der Waals surface area contributed by atoms with Crippen LogP contribution in [-0.4, -0.2) is 31.1 Å². The first-order valence-electron chi connectivity index (χ1n) is 4.50. The van der Waals surface area contributed by atoms with Gasteiger partial charge in [0.15, 0.2) is 0 Å². The van der Waals surface area contributed by atoms with Crippen LogP contribution in [0.25, 0.3) is 0 Å². The van der Waals surface area contributed by atoms with Gasteiger partial charge in [-0.3, -0.25) is 0 Å². The van der Waals surface area contributed by atoms with Crippen molar-refractivity contribution in [2.24, 2.45) is 0 Å². The molecule has 0 unspecified atom stereocenters. The third-order valence-electron chi connectivity index (χ3n) is 3.06. The van der Waals surface area contributed by atoms with Crippen LogP contribution in [0.2, 0.25) is 0 Å². The van der Waals surface area contributed by atoms with E-state index in [-0.39, 0.29) is 18.8 Å². The van der Waals surface area contributed by atoms with E-state index in [0.717, 1.165) is 0 Å². The molecule has 0 aromatic rings. The molecule has 0 aromatic heterocycles. The number of nitrogens with one attached hydrogen (secondary N) is 2. The molecule has 0 aromatic carbocycles. The lowest BCUT2D eigenvalue weighted by molar-refractivity contribution is -0.0719. The molecule has 2 rings (SSSR count). The molecule has 0 atom stereocenters. The van der Waals surface area contributed by atoms with Gasteiger partial charge >= 0.3 is 0 Å². The van der Waals surface area contributed by atoms with Gasteiger partial charge < -0.3 is 10.6 Å². The third kappa shape index (κ3) is 1.67. The SMILES string of the molecule is Cl.FC1(F)CCNC12CCNCC2. The van der Waals surface area contributed by atoms with Crippen LogP contribution in [0, 0.1) is 0 Å². The predicted octanol–water partition coefficient (Wildman–Crippen LogP) is 1.16. The molecule has 2 aliphatic rings. The quantitative estimate of drug-likeness (QED) is 0.630. The zero-order valence-electron chi connectivity index (χ0n) is 7.41. The molecule has 2 fully saturated rings. The van der Waals surface area contributed by atoms with E-state index < -0.39 is 11.5 Å². The molecular weight excluding hydrogens is 198 g/mol. The molecule has 0 amide bonds. The Labute approximate surface area is 82.9 Å². The van der Waals surface area contributed by atoms with E-state index in [1.807, 2.05) is 0 Å².